The number of aromatic nitrogens is 3. The van der Waals surface area contributed by atoms with Crippen LogP contribution in [0.2, 0.25) is 5.15 Å². The van der Waals surface area contributed by atoms with E-state index >= 15 is 0 Å². The SMILES string of the molecule is CNC(=O)c1cc(Sc2ccc(Cl)nc2)n(-c2cccc(F)c2C)n1. The van der Waals surface area contributed by atoms with Crippen LogP contribution >= 0.6 is 23.4 Å². The zero-order valence-electron chi connectivity index (χ0n) is 13.5. The summed E-state index contributed by atoms with van der Waals surface area (Å²) in [5, 5.41) is 7.94. The number of hydrogen-bond donors (Lipinski definition) is 1. The van der Waals surface area contributed by atoms with Crippen LogP contribution < -0.4 is 5.32 Å². The Morgan fingerprint density at radius 2 is 2.12 bits per heavy atom. The maximum absolute atomic E-state index is 13.9. The molecule has 0 spiro atoms. The zero-order valence-corrected chi connectivity index (χ0v) is 15.0. The van der Waals surface area contributed by atoms with Gasteiger partial charge in [-0.3, -0.25) is 4.79 Å². The van der Waals surface area contributed by atoms with Gasteiger partial charge in [0.05, 0.1) is 5.69 Å². The van der Waals surface area contributed by atoms with Crippen LogP contribution in [-0.4, -0.2) is 27.7 Å². The molecule has 1 N–H and O–H groups in total. The summed E-state index contributed by atoms with van der Waals surface area (Å²) in [5.41, 5.74) is 1.26. The van der Waals surface area contributed by atoms with Crippen LogP contribution in [0.5, 0.6) is 0 Å². The second-order valence-corrected chi connectivity index (χ2v) is 6.64. The van der Waals surface area contributed by atoms with Crippen LogP contribution in [0.1, 0.15) is 16.1 Å². The number of halogens is 2. The van der Waals surface area contributed by atoms with Gasteiger partial charge in [0.15, 0.2) is 5.69 Å². The summed E-state index contributed by atoms with van der Waals surface area (Å²) in [7, 11) is 1.53. The van der Waals surface area contributed by atoms with Gasteiger partial charge in [-0.15, -0.1) is 0 Å². The Morgan fingerprint density at radius 1 is 1.32 bits per heavy atom. The fraction of sp³-hybridized carbons (Fsp3) is 0.118. The largest absolute Gasteiger partial charge is 0.354 e. The fourth-order valence-electron chi connectivity index (χ4n) is 2.22. The van der Waals surface area contributed by atoms with E-state index < -0.39 is 0 Å². The summed E-state index contributed by atoms with van der Waals surface area (Å²) in [4.78, 5) is 16.8. The van der Waals surface area contributed by atoms with Gasteiger partial charge in [-0.05, 0) is 31.2 Å². The number of carbonyl (C=O) groups excluding carboxylic acids is 1. The second kappa shape index (κ2) is 7.25. The van der Waals surface area contributed by atoms with E-state index in [9.17, 15) is 9.18 Å². The maximum atomic E-state index is 13.9. The Kier molecular flexibility index (Phi) is 5.06. The molecule has 8 heteroatoms. The molecule has 0 aliphatic heterocycles. The van der Waals surface area contributed by atoms with Crippen molar-refractivity contribution in [2.45, 2.75) is 16.8 Å². The minimum absolute atomic E-state index is 0.246. The van der Waals surface area contributed by atoms with E-state index in [1.807, 2.05) is 6.07 Å². The molecule has 5 nitrogen and oxygen atoms in total. The van der Waals surface area contributed by atoms with E-state index in [2.05, 4.69) is 15.4 Å². The molecular weight excluding hydrogens is 363 g/mol. The number of carbonyl (C=O) groups is 1. The lowest BCUT2D eigenvalue weighted by atomic mass is 10.2. The number of amides is 1. The molecule has 0 bridgehead atoms. The van der Waals surface area contributed by atoms with Crippen LogP contribution in [0.3, 0.4) is 0 Å². The number of nitrogens with one attached hydrogen (secondary N) is 1. The highest BCUT2D eigenvalue weighted by atomic mass is 35.5. The van der Waals surface area contributed by atoms with Crippen molar-refractivity contribution in [3.63, 3.8) is 0 Å². The van der Waals surface area contributed by atoms with E-state index in [0.717, 1.165) is 4.90 Å². The summed E-state index contributed by atoms with van der Waals surface area (Å²) < 4.78 is 15.5. The van der Waals surface area contributed by atoms with E-state index in [4.69, 9.17) is 11.6 Å². The predicted molar refractivity (Wildman–Crippen MR) is 95.0 cm³/mol. The number of benzene rings is 1. The first-order valence-corrected chi connectivity index (χ1v) is 8.56. The van der Waals surface area contributed by atoms with Crippen molar-refractivity contribution in [1.82, 2.24) is 20.1 Å². The molecule has 0 saturated carbocycles. The second-order valence-electron chi connectivity index (χ2n) is 5.16. The van der Waals surface area contributed by atoms with Crippen molar-refractivity contribution in [3.8, 4) is 5.69 Å². The van der Waals surface area contributed by atoms with E-state index in [0.29, 0.717) is 21.4 Å². The Hall–Kier alpha value is -2.38. The van der Waals surface area contributed by atoms with Crippen LogP contribution in [0.4, 0.5) is 4.39 Å². The monoisotopic (exact) mass is 376 g/mol. The highest BCUT2D eigenvalue weighted by Gasteiger charge is 2.17. The summed E-state index contributed by atoms with van der Waals surface area (Å²) in [6.45, 7) is 1.67. The van der Waals surface area contributed by atoms with Crippen LogP contribution in [0, 0.1) is 12.7 Å². The molecule has 128 valence electrons. The standard InChI is InChI=1S/C17H14ClFN4OS/c1-10-12(19)4-3-5-14(10)23-16(8-13(22-23)17(24)20-2)25-11-6-7-15(18)21-9-11/h3-9H,1-2H3,(H,20,24). The minimum Gasteiger partial charge on any atom is -0.354 e. The average molecular weight is 377 g/mol. The zero-order chi connectivity index (χ0) is 18.0. The number of nitrogens with zero attached hydrogens (tertiary/aromatic N) is 3. The molecule has 0 atom stereocenters. The van der Waals surface area contributed by atoms with Gasteiger partial charge >= 0.3 is 0 Å². The predicted octanol–water partition coefficient (Wildman–Crippen LogP) is 3.88. The molecule has 0 radical (unpaired) electrons. The summed E-state index contributed by atoms with van der Waals surface area (Å²) in [6.07, 6.45) is 1.63. The van der Waals surface area contributed by atoms with Crippen molar-refractivity contribution >= 4 is 29.3 Å². The lowest BCUT2D eigenvalue weighted by molar-refractivity contribution is 0.0957. The third-order valence-corrected chi connectivity index (χ3v) is 4.73. The third-order valence-electron chi connectivity index (χ3n) is 3.53. The van der Waals surface area contributed by atoms with Gasteiger partial charge in [0.25, 0.3) is 5.91 Å². The highest BCUT2D eigenvalue weighted by molar-refractivity contribution is 7.99. The topological polar surface area (TPSA) is 59.8 Å². The maximum Gasteiger partial charge on any atom is 0.271 e. The van der Waals surface area contributed by atoms with Crippen molar-refractivity contribution in [2.24, 2.45) is 0 Å². The van der Waals surface area contributed by atoms with Crippen molar-refractivity contribution < 1.29 is 9.18 Å². The average Bonchev–Trinajstić information content (AvgIpc) is 3.02. The van der Waals surface area contributed by atoms with E-state index in [-0.39, 0.29) is 17.4 Å². The highest BCUT2D eigenvalue weighted by Crippen LogP contribution is 2.31. The molecule has 3 aromatic rings. The van der Waals surface area contributed by atoms with Gasteiger partial charge < -0.3 is 5.32 Å². The first-order valence-electron chi connectivity index (χ1n) is 7.36. The Labute approximate surface area is 153 Å². The summed E-state index contributed by atoms with van der Waals surface area (Å²) >= 11 is 7.17. The molecule has 0 fully saturated rings. The van der Waals surface area contributed by atoms with E-state index in [1.54, 1.807) is 42.1 Å². The van der Waals surface area contributed by atoms with Gasteiger partial charge in [-0.1, -0.05) is 29.4 Å². The molecule has 0 saturated heterocycles. The number of hydrogen-bond acceptors (Lipinski definition) is 4. The van der Waals surface area contributed by atoms with E-state index in [1.165, 1.54) is 24.9 Å². The Bertz CT molecular complexity index is 927. The minimum atomic E-state index is -0.335. The van der Waals surface area contributed by atoms with Gasteiger partial charge in [0.2, 0.25) is 0 Å². The van der Waals surface area contributed by atoms with Crippen LogP contribution in [-0.2, 0) is 0 Å². The fourth-order valence-corrected chi connectivity index (χ4v) is 3.21. The Morgan fingerprint density at radius 3 is 2.80 bits per heavy atom. The van der Waals surface area contributed by atoms with Gasteiger partial charge in [0.1, 0.15) is 16.0 Å². The van der Waals surface area contributed by atoms with Gasteiger partial charge in [-0.25, -0.2) is 14.1 Å². The molecule has 25 heavy (non-hydrogen) atoms. The van der Waals surface area contributed by atoms with Crippen molar-refractivity contribution in [2.75, 3.05) is 7.05 Å². The first-order chi connectivity index (χ1) is 12.0. The smallest absolute Gasteiger partial charge is 0.271 e. The molecular formula is C17H14ClFN4OS. The summed E-state index contributed by atoms with van der Waals surface area (Å²) in [6, 6.07) is 9.90. The van der Waals surface area contributed by atoms with Crippen molar-refractivity contribution in [3.05, 3.63) is 64.8 Å². The molecule has 2 aromatic heterocycles. The quantitative estimate of drug-likeness (QED) is 0.702. The van der Waals surface area contributed by atoms with Crippen molar-refractivity contribution in [1.29, 1.82) is 0 Å². The lowest BCUT2D eigenvalue weighted by Crippen LogP contribution is -2.18. The normalized spacial score (nSPS) is 10.7. The first kappa shape index (κ1) is 17.4. The summed E-state index contributed by atoms with van der Waals surface area (Å²) in [5.74, 6) is -0.650. The molecule has 2 heterocycles. The molecule has 0 aliphatic rings. The molecule has 0 aliphatic carbocycles. The number of rotatable bonds is 4. The molecule has 1 aromatic carbocycles. The molecule has 3 rings (SSSR count). The third kappa shape index (κ3) is 3.67. The lowest BCUT2D eigenvalue weighted by Gasteiger charge is -2.10. The van der Waals surface area contributed by atoms with Crippen LogP contribution in [0.15, 0.2) is 52.5 Å². The number of pyridine rings is 1. The molecule has 1 amide bonds. The van der Waals surface area contributed by atoms with Crippen LogP contribution in [0.25, 0.3) is 5.69 Å². The Balaban J connectivity index is 2.09. The molecule has 0 unspecified atom stereocenters. The van der Waals surface area contributed by atoms with Gasteiger partial charge in [0, 0.05) is 29.8 Å². The van der Waals surface area contributed by atoms with Gasteiger partial charge in [-0.2, -0.15) is 5.10 Å².